The van der Waals surface area contributed by atoms with Crippen LogP contribution in [0, 0.1) is 6.92 Å². The van der Waals surface area contributed by atoms with E-state index in [0.29, 0.717) is 5.92 Å². The molecule has 1 heterocycles. The maximum atomic E-state index is 2.60. The minimum absolute atomic E-state index is 0.628. The standard InChI is InChI=1S/C21H23N/c1-16-8-10-17(11-9-16)14-22-13-12-19-6-2-4-18-5-3-7-20(15-22)21(18)19/h2-3,5-11,19H,4,12-15H2,1H3. The first-order chi connectivity index (χ1) is 10.8. The van der Waals surface area contributed by atoms with Crippen molar-refractivity contribution in [3.8, 4) is 0 Å². The van der Waals surface area contributed by atoms with Gasteiger partial charge in [0.2, 0.25) is 0 Å². The number of allylic oxidation sites excluding steroid dienone is 2. The van der Waals surface area contributed by atoms with Gasteiger partial charge in [0.05, 0.1) is 0 Å². The third-order valence-electron chi connectivity index (χ3n) is 5.04. The first-order valence-corrected chi connectivity index (χ1v) is 8.35. The fourth-order valence-corrected chi connectivity index (χ4v) is 3.88. The van der Waals surface area contributed by atoms with E-state index in [1.54, 1.807) is 11.1 Å². The van der Waals surface area contributed by atoms with Gasteiger partial charge in [-0.15, -0.1) is 0 Å². The number of hydrogen-bond acceptors (Lipinski definition) is 1. The zero-order chi connectivity index (χ0) is 14.9. The molecule has 0 bridgehead atoms. The van der Waals surface area contributed by atoms with Gasteiger partial charge in [-0.2, -0.15) is 0 Å². The van der Waals surface area contributed by atoms with Crippen LogP contribution in [-0.4, -0.2) is 11.4 Å². The van der Waals surface area contributed by atoms with Gasteiger partial charge in [-0.3, -0.25) is 4.90 Å². The van der Waals surface area contributed by atoms with Crippen LogP contribution in [-0.2, 0) is 19.5 Å². The van der Waals surface area contributed by atoms with Crippen LogP contribution in [0.5, 0.6) is 0 Å². The molecule has 0 amide bonds. The van der Waals surface area contributed by atoms with Gasteiger partial charge < -0.3 is 0 Å². The molecule has 2 aromatic carbocycles. The van der Waals surface area contributed by atoms with Crippen LogP contribution < -0.4 is 0 Å². The first kappa shape index (κ1) is 13.8. The summed E-state index contributed by atoms with van der Waals surface area (Å²) in [7, 11) is 0. The van der Waals surface area contributed by atoms with Crippen LogP contribution in [0.4, 0.5) is 0 Å². The number of hydrogen-bond donors (Lipinski definition) is 0. The molecule has 4 rings (SSSR count). The Morgan fingerprint density at radius 3 is 2.73 bits per heavy atom. The monoisotopic (exact) mass is 289 g/mol. The van der Waals surface area contributed by atoms with E-state index >= 15 is 0 Å². The second-order valence-corrected chi connectivity index (χ2v) is 6.71. The predicted molar refractivity (Wildman–Crippen MR) is 91.9 cm³/mol. The normalized spacial score (nSPS) is 20.5. The summed E-state index contributed by atoms with van der Waals surface area (Å²) >= 11 is 0. The number of rotatable bonds is 2. The van der Waals surface area contributed by atoms with E-state index < -0.39 is 0 Å². The Morgan fingerprint density at radius 2 is 1.86 bits per heavy atom. The molecule has 0 fully saturated rings. The highest BCUT2D eigenvalue weighted by molar-refractivity contribution is 5.44. The Morgan fingerprint density at radius 1 is 1.05 bits per heavy atom. The smallest absolute Gasteiger partial charge is 0.0240 e. The van der Waals surface area contributed by atoms with Gasteiger partial charge in [-0.1, -0.05) is 60.2 Å². The summed E-state index contributed by atoms with van der Waals surface area (Å²) in [6.07, 6.45) is 7.14. The van der Waals surface area contributed by atoms with E-state index in [9.17, 15) is 0 Å². The zero-order valence-electron chi connectivity index (χ0n) is 13.3. The summed E-state index contributed by atoms with van der Waals surface area (Å²) in [5.74, 6) is 0.628. The second-order valence-electron chi connectivity index (χ2n) is 6.71. The molecule has 112 valence electrons. The average Bonchev–Trinajstić information content (AvgIpc) is 2.72. The molecular formula is C21H23N. The zero-order valence-corrected chi connectivity index (χ0v) is 13.3. The Kier molecular flexibility index (Phi) is 3.59. The van der Waals surface area contributed by atoms with Gasteiger partial charge in [0, 0.05) is 19.0 Å². The van der Waals surface area contributed by atoms with Crippen LogP contribution in [0.15, 0.2) is 54.6 Å². The lowest BCUT2D eigenvalue weighted by Crippen LogP contribution is -2.22. The van der Waals surface area contributed by atoms with Crippen molar-refractivity contribution in [1.29, 1.82) is 0 Å². The van der Waals surface area contributed by atoms with Crippen molar-refractivity contribution in [1.82, 2.24) is 4.90 Å². The molecule has 1 nitrogen and oxygen atoms in total. The molecule has 0 saturated carbocycles. The third kappa shape index (κ3) is 2.62. The fraction of sp³-hybridized carbons (Fsp3) is 0.333. The highest BCUT2D eigenvalue weighted by atomic mass is 15.1. The lowest BCUT2D eigenvalue weighted by atomic mass is 9.83. The fourth-order valence-electron chi connectivity index (χ4n) is 3.88. The first-order valence-electron chi connectivity index (χ1n) is 8.35. The second kappa shape index (κ2) is 5.73. The van der Waals surface area contributed by atoms with Crippen LogP contribution in [0.1, 0.15) is 40.2 Å². The van der Waals surface area contributed by atoms with Crippen molar-refractivity contribution >= 4 is 0 Å². The van der Waals surface area contributed by atoms with Crippen molar-refractivity contribution in [3.05, 3.63) is 82.4 Å². The maximum absolute atomic E-state index is 2.60. The van der Waals surface area contributed by atoms with Gasteiger partial charge in [-0.25, -0.2) is 0 Å². The minimum atomic E-state index is 0.628. The quantitative estimate of drug-likeness (QED) is 0.731. The van der Waals surface area contributed by atoms with E-state index in [2.05, 4.69) is 66.4 Å². The largest absolute Gasteiger partial charge is 0.295 e. The molecule has 0 saturated heterocycles. The Bertz CT molecular complexity index is 696. The van der Waals surface area contributed by atoms with E-state index in [-0.39, 0.29) is 0 Å². The van der Waals surface area contributed by atoms with Gasteiger partial charge in [0.25, 0.3) is 0 Å². The molecule has 1 unspecified atom stereocenters. The summed E-state index contributed by atoms with van der Waals surface area (Å²) < 4.78 is 0. The molecule has 1 aliphatic carbocycles. The average molecular weight is 289 g/mol. The van der Waals surface area contributed by atoms with Crippen molar-refractivity contribution in [3.63, 3.8) is 0 Å². The molecular weight excluding hydrogens is 266 g/mol. The van der Waals surface area contributed by atoms with Crippen molar-refractivity contribution in [2.24, 2.45) is 0 Å². The van der Waals surface area contributed by atoms with E-state index in [1.807, 2.05) is 0 Å². The molecule has 2 aromatic rings. The molecule has 1 atom stereocenters. The number of benzene rings is 2. The lowest BCUT2D eigenvalue weighted by Gasteiger charge is -2.21. The Labute approximate surface area is 133 Å². The van der Waals surface area contributed by atoms with Crippen molar-refractivity contribution in [2.75, 3.05) is 6.54 Å². The lowest BCUT2D eigenvalue weighted by molar-refractivity contribution is 0.259. The van der Waals surface area contributed by atoms with Gasteiger partial charge in [0.15, 0.2) is 0 Å². The molecule has 0 spiro atoms. The predicted octanol–water partition coefficient (Wildman–Crippen LogP) is 4.60. The van der Waals surface area contributed by atoms with Crippen molar-refractivity contribution < 1.29 is 0 Å². The topological polar surface area (TPSA) is 3.24 Å². The van der Waals surface area contributed by atoms with Crippen LogP contribution >= 0.6 is 0 Å². The highest BCUT2D eigenvalue weighted by Crippen LogP contribution is 2.35. The summed E-state index contributed by atoms with van der Waals surface area (Å²) in [6.45, 7) is 5.47. The van der Waals surface area contributed by atoms with Crippen molar-refractivity contribution in [2.45, 2.75) is 38.8 Å². The minimum Gasteiger partial charge on any atom is -0.295 e. The van der Waals surface area contributed by atoms with E-state index in [1.165, 1.54) is 29.7 Å². The molecule has 22 heavy (non-hydrogen) atoms. The molecule has 0 N–H and O–H groups in total. The summed E-state index contributed by atoms with van der Waals surface area (Å²) in [5, 5.41) is 0. The van der Waals surface area contributed by atoms with Crippen LogP contribution in [0.25, 0.3) is 0 Å². The molecule has 0 radical (unpaired) electrons. The SMILES string of the molecule is Cc1ccc(CN2CCC3C=CCc4cccc(c43)C2)cc1. The van der Waals surface area contributed by atoms with Crippen LogP contribution in [0.2, 0.25) is 0 Å². The van der Waals surface area contributed by atoms with Gasteiger partial charge in [-0.05, 0) is 48.6 Å². The molecule has 1 aliphatic heterocycles. The van der Waals surface area contributed by atoms with Gasteiger partial charge in [0.1, 0.15) is 0 Å². The summed E-state index contributed by atoms with van der Waals surface area (Å²) in [5.41, 5.74) is 7.47. The number of nitrogens with zero attached hydrogens (tertiary/aromatic N) is 1. The van der Waals surface area contributed by atoms with E-state index in [0.717, 1.165) is 19.5 Å². The van der Waals surface area contributed by atoms with E-state index in [4.69, 9.17) is 0 Å². The maximum Gasteiger partial charge on any atom is 0.0240 e. The van der Waals surface area contributed by atoms with Crippen LogP contribution in [0.3, 0.4) is 0 Å². The number of aryl methyl sites for hydroxylation is 1. The third-order valence-corrected chi connectivity index (χ3v) is 5.04. The molecule has 2 aliphatic rings. The van der Waals surface area contributed by atoms with Gasteiger partial charge >= 0.3 is 0 Å². The molecule has 1 heteroatoms. The Balaban J connectivity index is 1.60. The summed E-state index contributed by atoms with van der Waals surface area (Å²) in [6, 6.07) is 15.9. The molecule has 0 aromatic heterocycles. The summed E-state index contributed by atoms with van der Waals surface area (Å²) in [4.78, 5) is 2.60. The Hall–Kier alpha value is -1.86. The highest BCUT2D eigenvalue weighted by Gasteiger charge is 2.24.